The fourth-order valence-corrected chi connectivity index (χ4v) is 6.12. The Labute approximate surface area is 273 Å². The molecule has 4 aromatic heterocycles. The highest BCUT2D eigenvalue weighted by atomic mass is 16.5. The number of hydrogen-bond donors (Lipinski definition) is 3. The number of piperazine rings is 1. The third kappa shape index (κ3) is 6.74. The summed E-state index contributed by atoms with van der Waals surface area (Å²) in [4.78, 5) is 41.6. The van der Waals surface area contributed by atoms with Crippen LogP contribution in [0.2, 0.25) is 0 Å². The van der Waals surface area contributed by atoms with Crippen molar-refractivity contribution in [2.24, 2.45) is 7.05 Å². The molecule has 6 heterocycles. The lowest BCUT2D eigenvalue weighted by atomic mass is 10.1. The summed E-state index contributed by atoms with van der Waals surface area (Å²) in [6, 6.07) is 9.63. The maximum Gasteiger partial charge on any atom is 0.238 e. The minimum absolute atomic E-state index is 0.0374. The molecule has 3 N–H and O–H groups in total. The van der Waals surface area contributed by atoms with Crippen LogP contribution >= 0.6 is 0 Å². The molecule has 0 saturated carbocycles. The molecule has 0 bridgehead atoms. The number of carbonyl (C=O) groups is 1. The lowest BCUT2D eigenvalue weighted by Crippen LogP contribution is -2.45. The standard InChI is InChI=1S/C33H40N12O2/c1-21-17-36-32(38-27-16-22(2)43(4)41-27)40-30(21)25-18-35-31-24(25)6-5-7-26(31)37-28(46)20-44-11-9-23(19-44)47-29-8-10-34-33(39-29)45-14-12-42(3)13-15-45/h5-8,10,16-18,23,35H,9,11-15,19-20H2,1-4H3,(H,37,46)(H,36,38,40,41)/t23-/m0/s1. The first-order valence-electron chi connectivity index (χ1n) is 16.0. The third-order valence-corrected chi connectivity index (χ3v) is 8.86. The molecule has 5 aromatic rings. The topological polar surface area (TPSA) is 145 Å². The molecule has 2 aliphatic rings. The lowest BCUT2D eigenvalue weighted by molar-refractivity contribution is -0.117. The number of fused-ring (bicyclic) bond motifs is 1. The summed E-state index contributed by atoms with van der Waals surface area (Å²) in [5, 5.41) is 11.7. The second-order valence-electron chi connectivity index (χ2n) is 12.4. The zero-order valence-electron chi connectivity index (χ0n) is 27.2. The van der Waals surface area contributed by atoms with Gasteiger partial charge in [0, 0.05) is 93.7 Å². The number of aromatic amines is 1. The maximum absolute atomic E-state index is 13.2. The average molecular weight is 637 g/mol. The Morgan fingerprint density at radius 2 is 1.91 bits per heavy atom. The normalized spacial score (nSPS) is 17.4. The van der Waals surface area contributed by atoms with Gasteiger partial charge in [-0.2, -0.15) is 10.1 Å². The molecule has 1 atom stereocenters. The second-order valence-corrected chi connectivity index (χ2v) is 12.4. The molecular weight excluding hydrogens is 596 g/mol. The molecule has 14 heteroatoms. The van der Waals surface area contributed by atoms with E-state index in [4.69, 9.17) is 9.72 Å². The number of nitrogens with zero attached hydrogens (tertiary/aromatic N) is 9. The van der Waals surface area contributed by atoms with Crippen molar-refractivity contribution < 1.29 is 9.53 Å². The first-order valence-corrected chi connectivity index (χ1v) is 16.0. The smallest absolute Gasteiger partial charge is 0.238 e. The maximum atomic E-state index is 13.2. The third-order valence-electron chi connectivity index (χ3n) is 8.86. The number of likely N-dealkylation sites (tertiary alicyclic amines) is 1. The van der Waals surface area contributed by atoms with E-state index in [1.54, 1.807) is 17.1 Å². The first kappa shape index (κ1) is 30.6. The van der Waals surface area contributed by atoms with Gasteiger partial charge in [-0.05, 0) is 38.9 Å². The number of H-pyrrole nitrogens is 1. The highest BCUT2D eigenvalue weighted by molar-refractivity contribution is 6.06. The van der Waals surface area contributed by atoms with Crippen LogP contribution in [-0.2, 0) is 11.8 Å². The van der Waals surface area contributed by atoms with Gasteiger partial charge < -0.3 is 30.2 Å². The minimum atomic E-state index is -0.0796. The number of aromatic nitrogens is 7. The predicted octanol–water partition coefficient (Wildman–Crippen LogP) is 3.35. The van der Waals surface area contributed by atoms with Crippen LogP contribution < -0.4 is 20.3 Å². The van der Waals surface area contributed by atoms with Gasteiger partial charge in [0.1, 0.15) is 6.10 Å². The van der Waals surface area contributed by atoms with Crippen molar-refractivity contribution >= 4 is 40.2 Å². The van der Waals surface area contributed by atoms with E-state index in [1.807, 2.05) is 57.4 Å². The lowest BCUT2D eigenvalue weighted by Gasteiger charge is -2.32. The SMILES string of the molecule is Cc1cnc(Nc2cc(C)n(C)n2)nc1-c1c[nH]c2c(NC(=O)CN3CC[C@H](Oc4ccnc(N5CCN(C)CC5)n4)C3)cccc12. The Morgan fingerprint density at radius 1 is 1.06 bits per heavy atom. The molecule has 2 fully saturated rings. The van der Waals surface area contributed by atoms with Gasteiger partial charge >= 0.3 is 0 Å². The van der Waals surface area contributed by atoms with Gasteiger partial charge in [0.05, 0.1) is 23.4 Å². The molecule has 1 aromatic carbocycles. The molecule has 47 heavy (non-hydrogen) atoms. The summed E-state index contributed by atoms with van der Waals surface area (Å²) in [7, 11) is 4.02. The van der Waals surface area contributed by atoms with E-state index in [1.165, 1.54) is 0 Å². The van der Waals surface area contributed by atoms with Crippen molar-refractivity contribution in [2.45, 2.75) is 26.4 Å². The summed E-state index contributed by atoms with van der Waals surface area (Å²) in [6.45, 7) is 9.44. The quantitative estimate of drug-likeness (QED) is 0.219. The first-order chi connectivity index (χ1) is 22.8. The predicted molar refractivity (Wildman–Crippen MR) is 181 cm³/mol. The molecule has 0 radical (unpaired) electrons. The van der Waals surface area contributed by atoms with Crippen molar-refractivity contribution in [3.63, 3.8) is 0 Å². The van der Waals surface area contributed by atoms with Crippen LogP contribution in [0.4, 0.5) is 23.4 Å². The van der Waals surface area contributed by atoms with E-state index in [-0.39, 0.29) is 18.6 Å². The van der Waals surface area contributed by atoms with E-state index in [0.29, 0.717) is 30.1 Å². The van der Waals surface area contributed by atoms with E-state index >= 15 is 0 Å². The Hall–Kier alpha value is -5.08. The molecule has 0 aliphatic carbocycles. The second kappa shape index (κ2) is 13.0. The molecule has 2 saturated heterocycles. The van der Waals surface area contributed by atoms with E-state index in [2.05, 4.69) is 57.4 Å². The van der Waals surface area contributed by atoms with Gasteiger partial charge in [0.2, 0.25) is 23.7 Å². The Bertz CT molecular complexity index is 1870. The van der Waals surface area contributed by atoms with Crippen LogP contribution in [0, 0.1) is 13.8 Å². The Kier molecular flexibility index (Phi) is 8.43. The Balaban J connectivity index is 0.982. The van der Waals surface area contributed by atoms with E-state index in [0.717, 1.165) is 78.2 Å². The molecule has 14 nitrogen and oxygen atoms in total. The van der Waals surface area contributed by atoms with Crippen molar-refractivity contribution in [2.75, 3.05) is 68.4 Å². The van der Waals surface area contributed by atoms with Crippen LogP contribution in [0.15, 0.2) is 48.9 Å². The zero-order valence-corrected chi connectivity index (χ0v) is 27.2. The van der Waals surface area contributed by atoms with Gasteiger partial charge in [0.25, 0.3) is 0 Å². The summed E-state index contributed by atoms with van der Waals surface area (Å²) < 4.78 is 8.03. The molecule has 2 aliphatic heterocycles. The average Bonchev–Trinajstić information content (AvgIpc) is 3.77. The van der Waals surface area contributed by atoms with Crippen LogP contribution in [0.25, 0.3) is 22.2 Å². The van der Waals surface area contributed by atoms with Gasteiger partial charge in [-0.3, -0.25) is 14.4 Å². The van der Waals surface area contributed by atoms with E-state index in [9.17, 15) is 4.79 Å². The Morgan fingerprint density at radius 3 is 2.72 bits per heavy atom. The monoisotopic (exact) mass is 636 g/mol. The number of para-hydroxylation sites is 1. The van der Waals surface area contributed by atoms with Crippen molar-refractivity contribution in [1.82, 2.24) is 44.5 Å². The number of aryl methyl sites for hydroxylation is 3. The highest BCUT2D eigenvalue weighted by Gasteiger charge is 2.27. The fraction of sp³-hybridized carbons (Fsp3) is 0.394. The number of amides is 1. The van der Waals surface area contributed by atoms with Crippen LogP contribution in [-0.4, -0.2) is 109 Å². The largest absolute Gasteiger partial charge is 0.473 e. The number of likely N-dealkylation sites (N-methyl/N-ethyl adjacent to an activating group) is 1. The fourth-order valence-electron chi connectivity index (χ4n) is 6.12. The summed E-state index contributed by atoms with van der Waals surface area (Å²) in [5.74, 6) is 2.35. The number of nitrogens with one attached hydrogen (secondary N) is 3. The van der Waals surface area contributed by atoms with E-state index < -0.39 is 0 Å². The zero-order chi connectivity index (χ0) is 32.5. The molecule has 0 unspecified atom stereocenters. The number of anilines is 4. The highest BCUT2D eigenvalue weighted by Crippen LogP contribution is 2.33. The van der Waals surface area contributed by atoms with Gasteiger partial charge in [0.15, 0.2) is 5.82 Å². The summed E-state index contributed by atoms with van der Waals surface area (Å²) in [6.07, 6.45) is 6.27. The van der Waals surface area contributed by atoms with Gasteiger partial charge in [-0.15, -0.1) is 0 Å². The van der Waals surface area contributed by atoms with Crippen molar-refractivity contribution in [1.29, 1.82) is 0 Å². The van der Waals surface area contributed by atoms with Crippen LogP contribution in [0.3, 0.4) is 0 Å². The summed E-state index contributed by atoms with van der Waals surface area (Å²) >= 11 is 0. The molecule has 1 amide bonds. The molecule has 7 rings (SSSR count). The minimum Gasteiger partial charge on any atom is -0.473 e. The van der Waals surface area contributed by atoms with Crippen LogP contribution in [0.1, 0.15) is 17.7 Å². The molecular formula is C33H40N12O2. The van der Waals surface area contributed by atoms with Crippen molar-refractivity contribution in [3.8, 4) is 17.1 Å². The number of hydrogen-bond acceptors (Lipinski definition) is 11. The number of benzene rings is 1. The number of carbonyl (C=O) groups excluding carboxylic acids is 1. The number of ether oxygens (including phenoxy) is 1. The summed E-state index contributed by atoms with van der Waals surface area (Å²) in [5.41, 5.74) is 5.25. The van der Waals surface area contributed by atoms with Gasteiger partial charge in [-0.25, -0.2) is 15.0 Å². The molecule has 0 spiro atoms. The molecule has 244 valence electrons. The van der Waals surface area contributed by atoms with Gasteiger partial charge in [-0.1, -0.05) is 12.1 Å². The van der Waals surface area contributed by atoms with Crippen LogP contribution in [0.5, 0.6) is 5.88 Å². The number of rotatable bonds is 9. The van der Waals surface area contributed by atoms with Crippen molar-refractivity contribution in [3.05, 3.63) is 60.2 Å².